The van der Waals surface area contributed by atoms with Gasteiger partial charge in [0.15, 0.2) is 0 Å². The van der Waals surface area contributed by atoms with E-state index in [0.717, 1.165) is 25.1 Å². The number of para-hydroxylation sites is 1. The molecule has 2 N–H and O–H groups in total. The zero-order valence-electron chi connectivity index (χ0n) is 11.6. The van der Waals surface area contributed by atoms with E-state index in [2.05, 4.69) is 5.32 Å². The fourth-order valence-corrected chi connectivity index (χ4v) is 2.43. The van der Waals surface area contributed by atoms with Gasteiger partial charge in [-0.1, -0.05) is 18.2 Å². The van der Waals surface area contributed by atoms with Crippen molar-refractivity contribution in [1.82, 2.24) is 10.2 Å². The lowest BCUT2D eigenvalue weighted by molar-refractivity contribution is -0.122. The Morgan fingerprint density at radius 2 is 2.20 bits per heavy atom. The highest BCUT2D eigenvalue weighted by molar-refractivity contribution is 5.78. The molecule has 110 valence electrons. The highest BCUT2D eigenvalue weighted by atomic mass is 16.5. The van der Waals surface area contributed by atoms with Gasteiger partial charge >= 0.3 is 0 Å². The van der Waals surface area contributed by atoms with Gasteiger partial charge in [0.1, 0.15) is 12.4 Å². The molecule has 1 aliphatic heterocycles. The van der Waals surface area contributed by atoms with Crippen LogP contribution in [0.25, 0.3) is 0 Å². The number of rotatable bonds is 7. The summed E-state index contributed by atoms with van der Waals surface area (Å²) in [7, 11) is 0. The van der Waals surface area contributed by atoms with Crippen molar-refractivity contribution in [3.05, 3.63) is 30.3 Å². The van der Waals surface area contributed by atoms with E-state index in [1.165, 1.54) is 0 Å². The van der Waals surface area contributed by atoms with Crippen LogP contribution in [-0.2, 0) is 4.79 Å². The van der Waals surface area contributed by atoms with Crippen LogP contribution < -0.4 is 10.1 Å². The maximum atomic E-state index is 11.8. The number of benzene rings is 1. The van der Waals surface area contributed by atoms with Crippen molar-refractivity contribution in [2.45, 2.75) is 18.9 Å². The number of ether oxygens (including phenoxy) is 1. The second kappa shape index (κ2) is 7.87. The molecule has 1 atom stereocenters. The van der Waals surface area contributed by atoms with Gasteiger partial charge in [-0.05, 0) is 31.5 Å². The Balaban J connectivity index is 1.61. The average Bonchev–Trinajstić information content (AvgIpc) is 2.92. The first-order valence-electron chi connectivity index (χ1n) is 7.09. The van der Waals surface area contributed by atoms with E-state index in [9.17, 15) is 9.90 Å². The second-order valence-corrected chi connectivity index (χ2v) is 4.96. The third-order valence-electron chi connectivity index (χ3n) is 3.49. The van der Waals surface area contributed by atoms with Crippen LogP contribution in [0.3, 0.4) is 0 Å². The maximum Gasteiger partial charge on any atom is 0.234 e. The van der Waals surface area contributed by atoms with Crippen molar-refractivity contribution in [2.75, 3.05) is 32.8 Å². The Hall–Kier alpha value is -1.59. The largest absolute Gasteiger partial charge is 0.492 e. The number of aliphatic hydroxyl groups is 1. The van der Waals surface area contributed by atoms with E-state index in [-0.39, 0.29) is 18.6 Å². The molecule has 5 heteroatoms. The Morgan fingerprint density at radius 3 is 2.95 bits per heavy atom. The lowest BCUT2D eigenvalue weighted by atomic mass is 10.2. The number of hydrogen-bond acceptors (Lipinski definition) is 4. The lowest BCUT2D eigenvalue weighted by Gasteiger charge is -2.21. The molecule has 1 aromatic rings. The van der Waals surface area contributed by atoms with Gasteiger partial charge in [0.05, 0.1) is 19.7 Å². The molecule has 0 aromatic heterocycles. The van der Waals surface area contributed by atoms with E-state index in [4.69, 9.17) is 4.74 Å². The van der Waals surface area contributed by atoms with Crippen LogP contribution in [0.2, 0.25) is 0 Å². The van der Waals surface area contributed by atoms with Crippen molar-refractivity contribution in [1.29, 1.82) is 0 Å². The molecule has 0 radical (unpaired) electrons. The van der Waals surface area contributed by atoms with E-state index in [1.807, 2.05) is 35.2 Å². The zero-order valence-corrected chi connectivity index (χ0v) is 11.6. The van der Waals surface area contributed by atoms with Gasteiger partial charge in [-0.3, -0.25) is 9.69 Å². The van der Waals surface area contributed by atoms with Gasteiger partial charge in [0, 0.05) is 6.04 Å². The standard InChI is InChI=1S/C15H22N2O3/c18-12-13-5-4-9-17(13)11-15(19)16-8-10-20-14-6-2-1-3-7-14/h1-3,6-7,13,18H,4-5,8-12H2,(H,16,19)/t13-/m1/s1. The first kappa shape index (κ1) is 14.8. The molecule has 5 nitrogen and oxygen atoms in total. The zero-order chi connectivity index (χ0) is 14.2. The maximum absolute atomic E-state index is 11.8. The molecule has 1 aromatic carbocycles. The SMILES string of the molecule is O=C(CN1CCC[C@@H]1CO)NCCOc1ccccc1. The van der Waals surface area contributed by atoms with E-state index >= 15 is 0 Å². The van der Waals surface area contributed by atoms with Crippen molar-refractivity contribution in [3.8, 4) is 5.75 Å². The topological polar surface area (TPSA) is 61.8 Å². The Kier molecular flexibility index (Phi) is 5.83. The molecule has 0 bridgehead atoms. The van der Waals surface area contributed by atoms with Gasteiger partial charge < -0.3 is 15.2 Å². The highest BCUT2D eigenvalue weighted by Crippen LogP contribution is 2.15. The quantitative estimate of drug-likeness (QED) is 0.719. The van der Waals surface area contributed by atoms with Crippen LogP contribution in [0.1, 0.15) is 12.8 Å². The van der Waals surface area contributed by atoms with Crippen molar-refractivity contribution < 1.29 is 14.6 Å². The highest BCUT2D eigenvalue weighted by Gasteiger charge is 2.25. The molecule has 1 fully saturated rings. The third kappa shape index (κ3) is 4.51. The molecule has 2 rings (SSSR count). The molecule has 1 amide bonds. The molecule has 1 heterocycles. The Morgan fingerprint density at radius 1 is 1.40 bits per heavy atom. The fourth-order valence-electron chi connectivity index (χ4n) is 2.43. The summed E-state index contributed by atoms with van der Waals surface area (Å²) in [6.07, 6.45) is 2.02. The summed E-state index contributed by atoms with van der Waals surface area (Å²) >= 11 is 0. The summed E-state index contributed by atoms with van der Waals surface area (Å²) in [5, 5.41) is 12.0. The molecule has 0 spiro atoms. The molecule has 1 aliphatic rings. The normalized spacial score (nSPS) is 18.9. The average molecular weight is 278 g/mol. The molecule has 0 aliphatic carbocycles. The smallest absolute Gasteiger partial charge is 0.234 e. The lowest BCUT2D eigenvalue weighted by Crippen LogP contribution is -2.42. The first-order valence-corrected chi connectivity index (χ1v) is 7.09. The predicted molar refractivity (Wildman–Crippen MR) is 76.6 cm³/mol. The Labute approximate surface area is 119 Å². The summed E-state index contributed by atoms with van der Waals surface area (Å²) in [6, 6.07) is 9.67. The van der Waals surface area contributed by atoms with Crippen LogP contribution in [0.4, 0.5) is 0 Å². The molecule has 0 unspecified atom stereocenters. The van der Waals surface area contributed by atoms with Crippen molar-refractivity contribution in [3.63, 3.8) is 0 Å². The van der Waals surface area contributed by atoms with E-state index in [1.54, 1.807) is 0 Å². The van der Waals surface area contributed by atoms with Crippen LogP contribution >= 0.6 is 0 Å². The molecule has 20 heavy (non-hydrogen) atoms. The number of amides is 1. The summed E-state index contributed by atoms with van der Waals surface area (Å²) in [6.45, 7) is 2.32. The van der Waals surface area contributed by atoms with Crippen molar-refractivity contribution >= 4 is 5.91 Å². The minimum Gasteiger partial charge on any atom is -0.492 e. The summed E-state index contributed by atoms with van der Waals surface area (Å²) in [4.78, 5) is 13.8. The summed E-state index contributed by atoms with van der Waals surface area (Å²) < 4.78 is 5.50. The number of carbonyl (C=O) groups excluding carboxylic acids is 1. The second-order valence-electron chi connectivity index (χ2n) is 4.96. The minimum atomic E-state index is -0.0120. The molecular formula is C15H22N2O3. The minimum absolute atomic E-state index is 0.0120. The number of nitrogens with one attached hydrogen (secondary N) is 1. The summed E-state index contributed by atoms with van der Waals surface area (Å²) in [5.41, 5.74) is 0. The molecule has 0 saturated carbocycles. The first-order chi connectivity index (χ1) is 9.79. The van der Waals surface area contributed by atoms with Crippen molar-refractivity contribution in [2.24, 2.45) is 0 Å². The third-order valence-corrected chi connectivity index (χ3v) is 3.49. The van der Waals surface area contributed by atoms with E-state index < -0.39 is 0 Å². The summed E-state index contributed by atoms with van der Waals surface area (Å²) in [5.74, 6) is 0.795. The van der Waals surface area contributed by atoms with Gasteiger partial charge in [-0.15, -0.1) is 0 Å². The number of carbonyl (C=O) groups is 1. The van der Waals surface area contributed by atoms with Gasteiger partial charge in [0.2, 0.25) is 5.91 Å². The Bertz CT molecular complexity index is 411. The van der Waals surface area contributed by atoms with Crippen LogP contribution in [0.5, 0.6) is 5.75 Å². The predicted octanol–water partition coefficient (Wildman–Crippen LogP) is 0.638. The number of aliphatic hydroxyl groups excluding tert-OH is 1. The fraction of sp³-hybridized carbons (Fsp3) is 0.533. The van der Waals surface area contributed by atoms with Crippen LogP contribution in [0, 0.1) is 0 Å². The molecule has 1 saturated heterocycles. The number of nitrogens with zero attached hydrogens (tertiary/aromatic N) is 1. The van der Waals surface area contributed by atoms with Gasteiger partial charge in [0.25, 0.3) is 0 Å². The van der Waals surface area contributed by atoms with Crippen LogP contribution in [-0.4, -0.2) is 54.8 Å². The van der Waals surface area contributed by atoms with Gasteiger partial charge in [-0.2, -0.15) is 0 Å². The number of hydrogen-bond donors (Lipinski definition) is 2. The van der Waals surface area contributed by atoms with E-state index in [0.29, 0.717) is 19.7 Å². The van der Waals surface area contributed by atoms with Crippen LogP contribution in [0.15, 0.2) is 30.3 Å². The number of likely N-dealkylation sites (tertiary alicyclic amines) is 1. The molecular weight excluding hydrogens is 256 g/mol. The van der Waals surface area contributed by atoms with Gasteiger partial charge in [-0.25, -0.2) is 0 Å². The monoisotopic (exact) mass is 278 g/mol.